The lowest BCUT2D eigenvalue weighted by molar-refractivity contribution is 0.322. The standard InChI is InChI=1S/C20H27N/c21-20(17-10-4-2-1-3-5-11-17)15-18-13-8-12-16-9-6-7-14-19(16)18/h6-9,12-14,17,20H,1-5,10-11,15,21H2. The van der Waals surface area contributed by atoms with Crippen molar-refractivity contribution in [2.24, 2.45) is 11.7 Å². The summed E-state index contributed by atoms with van der Waals surface area (Å²) < 4.78 is 0. The van der Waals surface area contributed by atoms with Crippen LogP contribution in [0.2, 0.25) is 0 Å². The van der Waals surface area contributed by atoms with E-state index in [9.17, 15) is 0 Å². The van der Waals surface area contributed by atoms with Crippen LogP contribution in [-0.2, 0) is 6.42 Å². The van der Waals surface area contributed by atoms with E-state index in [1.807, 2.05) is 0 Å². The number of rotatable bonds is 3. The Kier molecular flexibility index (Phi) is 4.92. The van der Waals surface area contributed by atoms with Gasteiger partial charge in [-0.3, -0.25) is 0 Å². The van der Waals surface area contributed by atoms with Gasteiger partial charge in [-0.05, 0) is 41.5 Å². The number of hydrogen-bond acceptors (Lipinski definition) is 1. The van der Waals surface area contributed by atoms with E-state index < -0.39 is 0 Å². The molecule has 1 heteroatoms. The van der Waals surface area contributed by atoms with Crippen molar-refractivity contribution in [3.05, 3.63) is 48.0 Å². The van der Waals surface area contributed by atoms with Gasteiger partial charge in [0, 0.05) is 6.04 Å². The molecule has 1 saturated carbocycles. The predicted octanol–water partition coefficient (Wildman–Crippen LogP) is 5.07. The zero-order valence-electron chi connectivity index (χ0n) is 12.9. The molecule has 2 aromatic carbocycles. The van der Waals surface area contributed by atoms with E-state index in [0.717, 1.165) is 6.42 Å². The van der Waals surface area contributed by atoms with Gasteiger partial charge in [-0.1, -0.05) is 74.6 Å². The van der Waals surface area contributed by atoms with Gasteiger partial charge in [-0.2, -0.15) is 0 Å². The van der Waals surface area contributed by atoms with Gasteiger partial charge in [0.1, 0.15) is 0 Å². The molecule has 0 aromatic heterocycles. The summed E-state index contributed by atoms with van der Waals surface area (Å²) in [4.78, 5) is 0. The SMILES string of the molecule is NC(Cc1cccc2ccccc12)C1CCCCCCC1. The first-order valence-electron chi connectivity index (χ1n) is 8.57. The molecule has 0 radical (unpaired) electrons. The molecule has 1 nitrogen and oxygen atoms in total. The highest BCUT2D eigenvalue weighted by atomic mass is 14.6. The van der Waals surface area contributed by atoms with Crippen LogP contribution in [-0.4, -0.2) is 6.04 Å². The maximum Gasteiger partial charge on any atom is 0.0108 e. The van der Waals surface area contributed by atoms with Crippen LogP contribution in [0, 0.1) is 5.92 Å². The van der Waals surface area contributed by atoms with Crippen molar-refractivity contribution in [2.75, 3.05) is 0 Å². The molecular weight excluding hydrogens is 254 g/mol. The summed E-state index contributed by atoms with van der Waals surface area (Å²) in [5.74, 6) is 0.712. The van der Waals surface area contributed by atoms with Crippen LogP contribution in [0.25, 0.3) is 10.8 Å². The summed E-state index contributed by atoms with van der Waals surface area (Å²) >= 11 is 0. The monoisotopic (exact) mass is 281 g/mol. The summed E-state index contributed by atoms with van der Waals surface area (Å²) in [6, 6.07) is 15.6. The van der Waals surface area contributed by atoms with Gasteiger partial charge >= 0.3 is 0 Å². The second-order valence-corrected chi connectivity index (χ2v) is 6.61. The van der Waals surface area contributed by atoms with Gasteiger partial charge in [-0.25, -0.2) is 0 Å². The molecule has 0 spiro atoms. The zero-order valence-corrected chi connectivity index (χ0v) is 12.9. The fourth-order valence-electron chi connectivity index (χ4n) is 3.81. The fraction of sp³-hybridized carbons (Fsp3) is 0.500. The molecule has 0 bridgehead atoms. The third kappa shape index (κ3) is 3.65. The van der Waals surface area contributed by atoms with E-state index >= 15 is 0 Å². The minimum atomic E-state index is 0.314. The van der Waals surface area contributed by atoms with E-state index in [2.05, 4.69) is 42.5 Å². The van der Waals surface area contributed by atoms with Crippen molar-refractivity contribution >= 4 is 10.8 Å². The highest BCUT2D eigenvalue weighted by Gasteiger charge is 2.19. The Morgan fingerprint density at radius 2 is 1.52 bits per heavy atom. The van der Waals surface area contributed by atoms with Crippen LogP contribution in [0.5, 0.6) is 0 Å². The highest BCUT2D eigenvalue weighted by Crippen LogP contribution is 2.27. The maximum absolute atomic E-state index is 6.59. The quantitative estimate of drug-likeness (QED) is 0.835. The molecule has 21 heavy (non-hydrogen) atoms. The number of hydrogen-bond donors (Lipinski definition) is 1. The molecule has 0 aliphatic heterocycles. The van der Waals surface area contributed by atoms with Crippen molar-refractivity contribution in [3.63, 3.8) is 0 Å². The molecule has 0 saturated heterocycles. The van der Waals surface area contributed by atoms with Crippen molar-refractivity contribution in [1.82, 2.24) is 0 Å². The van der Waals surface area contributed by atoms with Gasteiger partial charge in [-0.15, -0.1) is 0 Å². The van der Waals surface area contributed by atoms with Gasteiger partial charge in [0.15, 0.2) is 0 Å². The minimum absolute atomic E-state index is 0.314. The number of fused-ring (bicyclic) bond motifs is 1. The molecule has 0 amide bonds. The first kappa shape index (κ1) is 14.6. The Bertz CT molecular complexity index is 562. The minimum Gasteiger partial charge on any atom is -0.327 e. The average Bonchev–Trinajstić information content (AvgIpc) is 2.47. The van der Waals surface area contributed by atoms with E-state index in [4.69, 9.17) is 5.73 Å². The molecule has 1 aliphatic rings. The van der Waals surface area contributed by atoms with Crippen LogP contribution < -0.4 is 5.73 Å². The highest BCUT2D eigenvalue weighted by molar-refractivity contribution is 5.85. The molecule has 2 aromatic rings. The second-order valence-electron chi connectivity index (χ2n) is 6.61. The Morgan fingerprint density at radius 1 is 0.857 bits per heavy atom. The Labute approximate surface area is 128 Å². The second kappa shape index (κ2) is 7.09. The van der Waals surface area contributed by atoms with E-state index in [-0.39, 0.29) is 0 Å². The molecule has 112 valence electrons. The summed E-state index contributed by atoms with van der Waals surface area (Å²) in [7, 11) is 0. The van der Waals surface area contributed by atoms with E-state index in [0.29, 0.717) is 12.0 Å². The Hall–Kier alpha value is -1.34. The predicted molar refractivity (Wildman–Crippen MR) is 91.4 cm³/mol. The van der Waals surface area contributed by atoms with Crippen molar-refractivity contribution in [2.45, 2.75) is 57.4 Å². The molecule has 1 atom stereocenters. The summed E-state index contributed by atoms with van der Waals surface area (Å²) in [5.41, 5.74) is 8.01. The van der Waals surface area contributed by atoms with Crippen LogP contribution in [0.15, 0.2) is 42.5 Å². The van der Waals surface area contributed by atoms with Gasteiger partial charge < -0.3 is 5.73 Å². The summed E-state index contributed by atoms with van der Waals surface area (Å²) in [6.07, 6.45) is 10.6. The smallest absolute Gasteiger partial charge is 0.0108 e. The normalized spacial score (nSPS) is 19.1. The Balaban J connectivity index is 1.74. The van der Waals surface area contributed by atoms with Crippen LogP contribution in [0.3, 0.4) is 0 Å². The lowest BCUT2D eigenvalue weighted by Crippen LogP contribution is -2.32. The molecular formula is C20H27N. The average molecular weight is 281 g/mol. The first-order chi connectivity index (χ1) is 10.3. The first-order valence-corrected chi connectivity index (χ1v) is 8.57. The molecule has 1 aliphatic carbocycles. The lowest BCUT2D eigenvalue weighted by atomic mass is 9.83. The fourth-order valence-corrected chi connectivity index (χ4v) is 3.81. The van der Waals surface area contributed by atoms with Gasteiger partial charge in [0.05, 0.1) is 0 Å². The van der Waals surface area contributed by atoms with Crippen LogP contribution in [0.1, 0.15) is 50.5 Å². The molecule has 3 rings (SSSR count). The Morgan fingerprint density at radius 3 is 2.33 bits per heavy atom. The summed E-state index contributed by atoms with van der Waals surface area (Å²) in [5, 5.41) is 2.71. The zero-order chi connectivity index (χ0) is 14.5. The molecule has 0 heterocycles. The van der Waals surface area contributed by atoms with Gasteiger partial charge in [0.2, 0.25) is 0 Å². The lowest BCUT2D eigenvalue weighted by Gasteiger charge is -2.26. The molecule has 2 N–H and O–H groups in total. The van der Waals surface area contributed by atoms with Crippen LogP contribution >= 0.6 is 0 Å². The van der Waals surface area contributed by atoms with E-state index in [1.165, 1.54) is 61.3 Å². The third-order valence-electron chi connectivity index (χ3n) is 5.09. The maximum atomic E-state index is 6.59. The third-order valence-corrected chi connectivity index (χ3v) is 5.09. The van der Waals surface area contributed by atoms with Crippen molar-refractivity contribution < 1.29 is 0 Å². The molecule has 1 unspecified atom stereocenters. The largest absolute Gasteiger partial charge is 0.327 e. The summed E-state index contributed by atoms with van der Waals surface area (Å²) in [6.45, 7) is 0. The van der Waals surface area contributed by atoms with Crippen molar-refractivity contribution in [1.29, 1.82) is 0 Å². The topological polar surface area (TPSA) is 26.0 Å². The van der Waals surface area contributed by atoms with Gasteiger partial charge in [0.25, 0.3) is 0 Å². The number of nitrogens with two attached hydrogens (primary N) is 1. The van der Waals surface area contributed by atoms with Crippen molar-refractivity contribution in [3.8, 4) is 0 Å². The number of benzene rings is 2. The van der Waals surface area contributed by atoms with E-state index in [1.54, 1.807) is 0 Å². The van der Waals surface area contributed by atoms with Crippen LogP contribution in [0.4, 0.5) is 0 Å². The molecule has 1 fully saturated rings.